The van der Waals surface area contributed by atoms with Crippen LogP contribution in [-0.2, 0) is 4.74 Å². The summed E-state index contributed by atoms with van der Waals surface area (Å²) in [5.74, 6) is -0.706. The van der Waals surface area contributed by atoms with Crippen molar-refractivity contribution in [1.29, 1.82) is 0 Å². The van der Waals surface area contributed by atoms with E-state index in [9.17, 15) is 9.59 Å². The molecule has 1 aromatic rings. The van der Waals surface area contributed by atoms with Gasteiger partial charge in [0.1, 0.15) is 10.5 Å². The smallest absolute Gasteiger partial charge is 0.410 e. The molecule has 1 aliphatic heterocycles. The molecule has 1 aromatic heterocycles. The molecule has 0 saturated carbocycles. The second-order valence-electron chi connectivity index (χ2n) is 6.51. The highest BCUT2D eigenvalue weighted by atomic mass is 32.1. The Hall–Kier alpha value is -1.63. The summed E-state index contributed by atoms with van der Waals surface area (Å²) in [4.78, 5) is 29.5. The van der Waals surface area contributed by atoms with Gasteiger partial charge in [-0.3, -0.25) is 0 Å². The summed E-state index contributed by atoms with van der Waals surface area (Å²) in [5.41, 5.74) is 0.0820. The van der Waals surface area contributed by atoms with E-state index in [2.05, 4.69) is 4.98 Å². The molecule has 0 radical (unpaired) electrons. The first-order valence-electron chi connectivity index (χ1n) is 7.36. The fraction of sp³-hybridized carbons (Fsp3) is 0.667. The highest BCUT2D eigenvalue weighted by molar-refractivity contribution is 7.13. The standard InChI is InChI=1S/C15H22N2O4S/c1-9-11(13(18)19)22-12(16-9)10-5-7-17(8-6-10)14(20)21-15(2,3)4/h10H,5-8H2,1-4H3,(H,18,19). The molecular weight excluding hydrogens is 304 g/mol. The Bertz CT molecular complexity index is 569. The Morgan fingerprint density at radius 2 is 1.91 bits per heavy atom. The number of hydrogen-bond acceptors (Lipinski definition) is 5. The first kappa shape index (κ1) is 16.7. The topological polar surface area (TPSA) is 79.7 Å². The second-order valence-corrected chi connectivity index (χ2v) is 7.54. The molecule has 7 heteroatoms. The van der Waals surface area contributed by atoms with E-state index in [4.69, 9.17) is 9.84 Å². The molecule has 1 aliphatic rings. The molecule has 0 spiro atoms. The van der Waals surface area contributed by atoms with Crippen molar-refractivity contribution in [2.45, 2.75) is 52.1 Å². The van der Waals surface area contributed by atoms with Crippen LogP contribution in [0.2, 0.25) is 0 Å². The predicted octanol–water partition coefficient (Wildman–Crippen LogP) is 3.26. The molecule has 1 N–H and O–H groups in total. The summed E-state index contributed by atoms with van der Waals surface area (Å²) >= 11 is 1.25. The van der Waals surface area contributed by atoms with Gasteiger partial charge in [-0.05, 0) is 40.5 Å². The molecule has 0 unspecified atom stereocenters. The Labute approximate surface area is 134 Å². The van der Waals surface area contributed by atoms with Gasteiger partial charge >= 0.3 is 12.1 Å². The van der Waals surface area contributed by atoms with E-state index in [0.717, 1.165) is 17.8 Å². The number of hydrogen-bond donors (Lipinski definition) is 1. The van der Waals surface area contributed by atoms with Crippen molar-refractivity contribution in [3.8, 4) is 0 Å². The molecule has 0 aromatic carbocycles. The number of carboxylic acids is 1. The minimum Gasteiger partial charge on any atom is -0.477 e. The summed E-state index contributed by atoms with van der Waals surface area (Å²) in [6.07, 6.45) is 1.28. The van der Waals surface area contributed by atoms with Gasteiger partial charge in [0.2, 0.25) is 0 Å². The van der Waals surface area contributed by atoms with E-state index < -0.39 is 11.6 Å². The number of aryl methyl sites for hydroxylation is 1. The molecule has 2 heterocycles. The summed E-state index contributed by atoms with van der Waals surface area (Å²) in [5, 5.41) is 9.96. The minimum absolute atomic E-state index is 0.218. The largest absolute Gasteiger partial charge is 0.477 e. The number of ether oxygens (including phenoxy) is 1. The van der Waals surface area contributed by atoms with E-state index in [1.54, 1.807) is 11.8 Å². The lowest BCUT2D eigenvalue weighted by molar-refractivity contribution is 0.0204. The van der Waals surface area contributed by atoms with Crippen LogP contribution in [0.3, 0.4) is 0 Å². The number of rotatable bonds is 2. The molecular formula is C15H22N2O4S. The third-order valence-corrected chi connectivity index (χ3v) is 4.81. The van der Waals surface area contributed by atoms with Gasteiger partial charge in [-0.2, -0.15) is 0 Å². The van der Waals surface area contributed by atoms with Crippen molar-refractivity contribution in [2.75, 3.05) is 13.1 Å². The third-order valence-electron chi connectivity index (χ3n) is 3.50. The maximum absolute atomic E-state index is 12.0. The molecule has 0 aliphatic carbocycles. The van der Waals surface area contributed by atoms with Crippen LogP contribution in [0.4, 0.5) is 4.79 Å². The Kier molecular flexibility index (Phi) is 4.75. The van der Waals surface area contributed by atoms with Crippen molar-refractivity contribution in [3.63, 3.8) is 0 Å². The number of amides is 1. The lowest BCUT2D eigenvalue weighted by Gasteiger charge is -2.32. The van der Waals surface area contributed by atoms with Crippen LogP contribution in [0.15, 0.2) is 0 Å². The zero-order chi connectivity index (χ0) is 16.5. The first-order chi connectivity index (χ1) is 10.2. The van der Waals surface area contributed by atoms with Crippen molar-refractivity contribution >= 4 is 23.4 Å². The predicted molar refractivity (Wildman–Crippen MR) is 83.6 cm³/mol. The average molecular weight is 326 g/mol. The van der Waals surface area contributed by atoms with Gasteiger partial charge in [0.05, 0.1) is 10.7 Å². The van der Waals surface area contributed by atoms with Gasteiger partial charge < -0.3 is 14.7 Å². The van der Waals surface area contributed by atoms with Crippen molar-refractivity contribution < 1.29 is 19.4 Å². The van der Waals surface area contributed by atoms with Gasteiger partial charge in [-0.15, -0.1) is 11.3 Å². The van der Waals surface area contributed by atoms with Crippen LogP contribution in [0.1, 0.15) is 59.9 Å². The molecule has 22 heavy (non-hydrogen) atoms. The molecule has 0 atom stereocenters. The molecule has 1 saturated heterocycles. The van der Waals surface area contributed by atoms with Gasteiger partial charge in [-0.25, -0.2) is 14.6 Å². The molecule has 1 amide bonds. The zero-order valence-corrected chi connectivity index (χ0v) is 14.2. The highest BCUT2D eigenvalue weighted by Gasteiger charge is 2.29. The molecule has 1 fully saturated rings. The number of carboxylic acid groups (broad SMARTS) is 1. The Morgan fingerprint density at radius 1 is 1.32 bits per heavy atom. The van der Waals surface area contributed by atoms with Crippen LogP contribution in [0.5, 0.6) is 0 Å². The number of piperidine rings is 1. The van der Waals surface area contributed by atoms with E-state index in [-0.39, 0.29) is 12.0 Å². The van der Waals surface area contributed by atoms with E-state index in [1.807, 2.05) is 20.8 Å². The third kappa shape index (κ3) is 3.97. The van der Waals surface area contributed by atoms with Gasteiger partial charge in [0, 0.05) is 19.0 Å². The van der Waals surface area contributed by atoms with Gasteiger partial charge in [-0.1, -0.05) is 0 Å². The number of carbonyl (C=O) groups excluding carboxylic acids is 1. The van der Waals surface area contributed by atoms with E-state index in [1.165, 1.54) is 11.3 Å². The molecule has 0 bridgehead atoms. The highest BCUT2D eigenvalue weighted by Crippen LogP contribution is 2.33. The van der Waals surface area contributed by atoms with Crippen molar-refractivity contribution in [3.05, 3.63) is 15.6 Å². The fourth-order valence-electron chi connectivity index (χ4n) is 2.43. The SMILES string of the molecule is Cc1nc(C2CCN(C(=O)OC(C)(C)C)CC2)sc1C(=O)O. The maximum atomic E-state index is 12.0. The first-order valence-corrected chi connectivity index (χ1v) is 8.17. The van der Waals surface area contributed by atoms with E-state index >= 15 is 0 Å². The normalized spacial score (nSPS) is 16.6. The summed E-state index contributed by atoms with van der Waals surface area (Å²) in [6.45, 7) is 8.50. The number of likely N-dealkylation sites (tertiary alicyclic amines) is 1. The zero-order valence-electron chi connectivity index (χ0n) is 13.4. The van der Waals surface area contributed by atoms with Crippen LogP contribution in [0.25, 0.3) is 0 Å². The van der Waals surface area contributed by atoms with Crippen molar-refractivity contribution in [2.24, 2.45) is 0 Å². The molecule has 122 valence electrons. The monoisotopic (exact) mass is 326 g/mol. The number of nitrogens with zero attached hydrogens (tertiary/aromatic N) is 2. The number of carbonyl (C=O) groups is 2. The van der Waals surface area contributed by atoms with Gasteiger partial charge in [0.15, 0.2) is 0 Å². The van der Waals surface area contributed by atoms with Crippen LogP contribution < -0.4 is 0 Å². The van der Waals surface area contributed by atoms with Crippen LogP contribution in [0, 0.1) is 6.92 Å². The molecule has 2 rings (SSSR count). The summed E-state index contributed by atoms with van der Waals surface area (Å²) < 4.78 is 5.37. The van der Waals surface area contributed by atoms with Crippen LogP contribution >= 0.6 is 11.3 Å². The van der Waals surface area contributed by atoms with Gasteiger partial charge in [0.25, 0.3) is 0 Å². The molecule has 6 nitrogen and oxygen atoms in total. The number of aromatic nitrogens is 1. The lowest BCUT2D eigenvalue weighted by atomic mass is 9.98. The number of thiazole rings is 1. The lowest BCUT2D eigenvalue weighted by Crippen LogP contribution is -2.41. The minimum atomic E-state index is -0.924. The summed E-state index contributed by atoms with van der Waals surface area (Å²) in [6, 6.07) is 0. The second kappa shape index (κ2) is 6.24. The van der Waals surface area contributed by atoms with E-state index in [0.29, 0.717) is 23.7 Å². The average Bonchev–Trinajstić information content (AvgIpc) is 2.79. The Balaban J connectivity index is 1.96. The fourth-order valence-corrected chi connectivity index (χ4v) is 3.50. The van der Waals surface area contributed by atoms with Crippen LogP contribution in [-0.4, -0.2) is 45.7 Å². The van der Waals surface area contributed by atoms with Crippen molar-refractivity contribution in [1.82, 2.24) is 9.88 Å². The number of aromatic carboxylic acids is 1. The maximum Gasteiger partial charge on any atom is 0.410 e. The summed E-state index contributed by atoms with van der Waals surface area (Å²) in [7, 11) is 0. The quantitative estimate of drug-likeness (QED) is 0.902. The Morgan fingerprint density at radius 3 is 2.36 bits per heavy atom.